The van der Waals surface area contributed by atoms with Crippen molar-refractivity contribution in [1.82, 2.24) is 5.32 Å². The summed E-state index contributed by atoms with van der Waals surface area (Å²) in [6.45, 7) is 3.84. The number of Topliss-reactive ketones (excluding diaryl/α,β-unsaturated/α-hetero) is 1. The zero-order valence-corrected chi connectivity index (χ0v) is 12.7. The Morgan fingerprint density at radius 2 is 2.21 bits per heavy atom. The molecular weight excluding hydrogens is 281 g/mol. The Hall–Kier alpha value is -0.570. The quantitative estimate of drug-likeness (QED) is 0.894. The van der Waals surface area contributed by atoms with Crippen LogP contribution in [0.15, 0.2) is 18.2 Å². The molecule has 0 bridgehead atoms. The van der Waals surface area contributed by atoms with E-state index in [2.05, 4.69) is 12.2 Å². The van der Waals surface area contributed by atoms with Gasteiger partial charge in [0.25, 0.3) is 0 Å². The average molecular weight is 300 g/mol. The molecule has 1 unspecified atom stereocenters. The van der Waals surface area contributed by atoms with Crippen LogP contribution in [0.4, 0.5) is 0 Å². The summed E-state index contributed by atoms with van der Waals surface area (Å²) in [5.74, 6) is 0.281. The van der Waals surface area contributed by atoms with Gasteiger partial charge in [0.05, 0.1) is 10.0 Å². The minimum atomic E-state index is -0.208. The molecule has 104 valence electrons. The largest absolute Gasteiger partial charge is 0.316 e. The van der Waals surface area contributed by atoms with Crippen LogP contribution in [0, 0.1) is 5.41 Å². The van der Waals surface area contributed by atoms with Crippen LogP contribution in [0.2, 0.25) is 10.0 Å². The molecule has 1 fully saturated rings. The maximum Gasteiger partial charge on any atom is 0.144 e. The fourth-order valence-electron chi connectivity index (χ4n) is 2.86. The van der Waals surface area contributed by atoms with Crippen LogP contribution in [0.3, 0.4) is 0 Å². The maximum absolute atomic E-state index is 12.6. The first-order chi connectivity index (χ1) is 9.09. The molecule has 0 saturated carbocycles. The van der Waals surface area contributed by atoms with Gasteiger partial charge in [-0.3, -0.25) is 4.79 Å². The molecular formula is C15H19Cl2NO. The molecule has 0 aliphatic carbocycles. The van der Waals surface area contributed by atoms with E-state index in [0.29, 0.717) is 16.5 Å². The molecule has 1 atom stereocenters. The number of hydrogen-bond acceptors (Lipinski definition) is 2. The van der Waals surface area contributed by atoms with Crippen molar-refractivity contribution in [3.8, 4) is 0 Å². The smallest absolute Gasteiger partial charge is 0.144 e. The number of halogens is 2. The van der Waals surface area contributed by atoms with E-state index in [4.69, 9.17) is 23.2 Å². The van der Waals surface area contributed by atoms with E-state index in [-0.39, 0.29) is 11.2 Å². The van der Waals surface area contributed by atoms with E-state index >= 15 is 0 Å². The van der Waals surface area contributed by atoms with E-state index in [1.54, 1.807) is 6.07 Å². The average Bonchev–Trinajstić information content (AvgIpc) is 2.85. The van der Waals surface area contributed by atoms with Crippen LogP contribution in [0.25, 0.3) is 0 Å². The fraction of sp³-hybridized carbons (Fsp3) is 0.533. The highest BCUT2D eigenvalue weighted by Crippen LogP contribution is 2.35. The Morgan fingerprint density at radius 1 is 1.42 bits per heavy atom. The zero-order valence-electron chi connectivity index (χ0n) is 11.1. The summed E-state index contributed by atoms with van der Waals surface area (Å²) in [7, 11) is 0. The topological polar surface area (TPSA) is 29.1 Å². The lowest BCUT2D eigenvalue weighted by atomic mass is 9.76. The van der Waals surface area contributed by atoms with Crippen LogP contribution in [-0.2, 0) is 11.2 Å². The lowest BCUT2D eigenvalue weighted by molar-refractivity contribution is -0.127. The second-order valence-corrected chi connectivity index (χ2v) is 6.06. The van der Waals surface area contributed by atoms with Crippen molar-refractivity contribution in [2.45, 2.75) is 32.6 Å². The van der Waals surface area contributed by atoms with E-state index in [9.17, 15) is 4.79 Å². The van der Waals surface area contributed by atoms with Gasteiger partial charge in [-0.25, -0.2) is 0 Å². The van der Waals surface area contributed by atoms with Crippen molar-refractivity contribution in [3.63, 3.8) is 0 Å². The minimum Gasteiger partial charge on any atom is -0.316 e. The summed E-state index contributed by atoms with van der Waals surface area (Å²) in [5.41, 5.74) is 0.627. The van der Waals surface area contributed by atoms with Crippen LogP contribution in [0.1, 0.15) is 31.7 Å². The van der Waals surface area contributed by atoms with Crippen molar-refractivity contribution >= 4 is 29.0 Å². The SMILES string of the molecule is CCCC1(C(=O)Cc2cccc(Cl)c2Cl)CCNC1. The van der Waals surface area contributed by atoms with Crippen molar-refractivity contribution in [2.24, 2.45) is 5.41 Å². The Bertz CT molecular complexity index is 467. The van der Waals surface area contributed by atoms with Crippen LogP contribution in [-0.4, -0.2) is 18.9 Å². The molecule has 0 radical (unpaired) electrons. The molecule has 1 aromatic rings. The molecule has 0 amide bonds. The first-order valence-electron chi connectivity index (χ1n) is 6.76. The molecule has 1 aliphatic rings. The summed E-state index contributed by atoms with van der Waals surface area (Å²) in [6, 6.07) is 5.47. The molecule has 2 rings (SSSR count). The van der Waals surface area contributed by atoms with E-state index in [1.165, 1.54) is 0 Å². The first kappa shape index (κ1) is 14.8. The monoisotopic (exact) mass is 299 g/mol. The molecule has 0 spiro atoms. The molecule has 2 nitrogen and oxygen atoms in total. The molecule has 19 heavy (non-hydrogen) atoms. The Kier molecular flexibility index (Phi) is 4.88. The summed E-state index contributed by atoms with van der Waals surface area (Å²) < 4.78 is 0. The number of carbonyl (C=O) groups is 1. The standard InChI is InChI=1S/C15H19Cl2NO/c1-2-6-15(7-8-18-10-15)13(19)9-11-4-3-5-12(16)14(11)17/h3-5,18H,2,6-10H2,1H3. The number of carbonyl (C=O) groups excluding carboxylic acids is 1. The predicted octanol–water partition coefficient (Wildman–Crippen LogP) is 3.88. The lowest BCUT2D eigenvalue weighted by Crippen LogP contribution is -2.34. The van der Waals surface area contributed by atoms with Gasteiger partial charge in [-0.2, -0.15) is 0 Å². The van der Waals surface area contributed by atoms with Gasteiger partial charge in [-0.1, -0.05) is 48.7 Å². The molecule has 1 N–H and O–H groups in total. The molecule has 1 heterocycles. The highest BCUT2D eigenvalue weighted by atomic mass is 35.5. The minimum absolute atomic E-state index is 0.208. The van der Waals surface area contributed by atoms with Gasteiger partial charge in [-0.15, -0.1) is 0 Å². The third-order valence-electron chi connectivity index (χ3n) is 3.95. The lowest BCUT2D eigenvalue weighted by Gasteiger charge is -2.26. The summed E-state index contributed by atoms with van der Waals surface area (Å²) in [4.78, 5) is 12.6. The Morgan fingerprint density at radius 3 is 2.84 bits per heavy atom. The number of nitrogens with one attached hydrogen (secondary N) is 1. The van der Waals surface area contributed by atoms with E-state index in [0.717, 1.165) is 37.9 Å². The van der Waals surface area contributed by atoms with E-state index < -0.39 is 0 Å². The van der Waals surface area contributed by atoms with Crippen molar-refractivity contribution in [2.75, 3.05) is 13.1 Å². The van der Waals surface area contributed by atoms with Gasteiger partial charge in [0.2, 0.25) is 0 Å². The third kappa shape index (κ3) is 3.13. The van der Waals surface area contributed by atoms with Crippen LogP contribution in [0.5, 0.6) is 0 Å². The third-order valence-corrected chi connectivity index (χ3v) is 4.80. The number of ketones is 1. The number of hydrogen-bond donors (Lipinski definition) is 1. The van der Waals surface area contributed by atoms with Crippen LogP contribution < -0.4 is 5.32 Å². The second kappa shape index (κ2) is 6.25. The molecule has 1 saturated heterocycles. The molecule has 1 aliphatic heterocycles. The first-order valence-corrected chi connectivity index (χ1v) is 7.51. The van der Waals surface area contributed by atoms with Gasteiger partial charge in [-0.05, 0) is 31.0 Å². The van der Waals surface area contributed by atoms with Crippen molar-refractivity contribution < 1.29 is 4.79 Å². The summed E-state index contributed by atoms with van der Waals surface area (Å²) in [5, 5.41) is 4.34. The van der Waals surface area contributed by atoms with Crippen LogP contribution >= 0.6 is 23.2 Å². The number of benzene rings is 1. The highest BCUT2D eigenvalue weighted by molar-refractivity contribution is 6.42. The summed E-state index contributed by atoms with van der Waals surface area (Å²) >= 11 is 12.2. The van der Waals surface area contributed by atoms with Gasteiger partial charge < -0.3 is 5.32 Å². The van der Waals surface area contributed by atoms with Gasteiger partial charge in [0, 0.05) is 18.4 Å². The Labute approximate surface area is 124 Å². The van der Waals surface area contributed by atoms with Crippen molar-refractivity contribution in [1.29, 1.82) is 0 Å². The second-order valence-electron chi connectivity index (χ2n) is 5.27. The van der Waals surface area contributed by atoms with Gasteiger partial charge >= 0.3 is 0 Å². The number of rotatable bonds is 5. The summed E-state index contributed by atoms with van der Waals surface area (Å²) in [6.07, 6.45) is 3.27. The Balaban J connectivity index is 2.17. The molecule has 4 heteroatoms. The van der Waals surface area contributed by atoms with Gasteiger partial charge in [0.1, 0.15) is 5.78 Å². The van der Waals surface area contributed by atoms with Crippen molar-refractivity contribution in [3.05, 3.63) is 33.8 Å². The molecule has 1 aromatic carbocycles. The zero-order chi connectivity index (χ0) is 13.9. The fourth-order valence-corrected chi connectivity index (χ4v) is 3.25. The van der Waals surface area contributed by atoms with E-state index in [1.807, 2.05) is 12.1 Å². The van der Waals surface area contributed by atoms with Gasteiger partial charge in [0.15, 0.2) is 0 Å². The normalized spacial score (nSPS) is 22.7. The highest BCUT2D eigenvalue weighted by Gasteiger charge is 2.39. The molecule has 0 aromatic heterocycles. The predicted molar refractivity (Wildman–Crippen MR) is 80.0 cm³/mol. The maximum atomic E-state index is 12.6.